The second-order valence-corrected chi connectivity index (χ2v) is 6.32. The minimum absolute atomic E-state index is 0.744. The van der Waals surface area contributed by atoms with E-state index in [4.69, 9.17) is 0 Å². The molecule has 2 aromatic heterocycles. The molecule has 0 aliphatic rings. The van der Waals surface area contributed by atoms with Gasteiger partial charge in [-0.2, -0.15) is 0 Å². The lowest BCUT2D eigenvalue weighted by Crippen LogP contribution is -1.86. The summed E-state index contributed by atoms with van der Waals surface area (Å²) < 4.78 is 0. The Bertz CT molecular complexity index is 921. The van der Waals surface area contributed by atoms with E-state index in [1.54, 1.807) is 0 Å². The molecule has 1 nitrogen and oxygen atoms in total. The zero-order valence-electron chi connectivity index (χ0n) is 11.2. The predicted octanol–water partition coefficient (Wildman–Crippen LogP) is 5.39. The van der Waals surface area contributed by atoms with Crippen LogP contribution in [-0.2, 0) is 0 Å². The van der Waals surface area contributed by atoms with E-state index in [2.05, 4.69) is 60.4 Å². The second kappa shape index (κ2) is 4.47. The standard InChI is InChI=1S/C18H14NP/c1-12-13(9-5-11-19-12)15-7-4-8-16-14-6-2-3-10-17(14)20-18(15)16/h2-11,20H,1H3. The zero-order valence-corrected chi connectivity index (χ0v) is 12.2. The Morgan fingerprint density at radius 1 is 0.800 bits per heavy atom. The molecule has 2 heterocycles. The molecule has 0 N–H and O–H groups in total. The average molecular weight is 275 g/mol. The van der Waals surface area contributed by atoms with Crippen LogP contribution in [-0.4, -0.2) is 4.98 Å². The molecule has 4 aromatic rings. The maximum absolute atomic E-state index is 4.43. The maximum atomic E-state index is 4.43. The van der Waals surface area contributed by atoms with Crippen molar-refractivity contribution in [3.63, 3.8) is 0 Å². The molecule has 2 heteroatoms. The zero-order chi connectivity index (χ0) is 13.5. The van der Waals surface area contributed by atoms with E-state index < -0.39 is 0 Å². The lowest BCUT2D eigenvalue weighted by atomic mass is 10.0. The van der Waals surface area contributed by atoms with Gasteiger partial charge in [0.05, 0.1) is 0 Å². The van der Waals surface area contributed by atoms with Gasteiger partial charge >= 0.3 is 0 Å². The summed E-state index contributed by atoms with van der Waals surface area (Å²) >= 11 is 0. The number of aromatic nitrogens is 1. The van der Waals surface area contributed by atoms with Crippen LogP contribution in [0.15, 0.2) is 60.8 Å². The number of aryl methyl sites for hydroxylation is 1. The van der Waals surface area contributed by atoms with Crippen molar-refractivity contribution < 1.29 is 0 Å². The topological polar surface area (TPSA) is 12.9 Å². The largest absolute Gasteiger partial charge is 0.261 e. The average Bonchev–Trinajstić information content (AvgIpc) is 2.86. The van der Waals surface area contributed by atoms with Crippen molar-refractivity contribution >= 4 is 29.2 Å². The molecule has 0 bridgehead atoms. The van der Waals surface area contributed by atoms with Crippen molar-refractivity contribution in [2.75, 3.05) is 0 Å². The molecule has 4 rings (SSSR count). The van der Waals surface area contributed by atoms with Gasteiger partial charge in [0.1, 0.15) is 0 Å². The molecule has 0 aliphatic carbocycles. The predicted molar refractivity (Wildman–Crippen MR) is 88.9 cm³/mol. The Morgan fingerprint density at radius 3 is 2.50 bits per heavy atom. The summed E-state index contributed by atoms with van der Waals surface area (Å²) in [7, 11) is 0.744. The molecule has 0 radical (unpaired) electrons. The quantitative estimate of drug-likeness (QED) is 0.453. The fourth-order valence-corrected chi connectivity index (χ4v) is 4.37. The van der Waals surface area contributed by atoms with E-state index in [1.165, 1.54) is 32.1 Å². The van der Waals surface area contributed by atoms with Crippen LogP contribution in [0.3, 0.4) is 0 Å². The van der Waals surface area contributed by atoms with E-state index in [-0.39, 0.29) is 0 Å². The Labute approximate surface area is 119 Å². The molecule has 0 amide bonds. The van der Waals surface area contributed by atoms with E-state index in [1.807, 2.05) is 12.3 Å². The van der Waals surface area contributed by atoms with Crippen LogP contribution in [0, 0.1) is 6.92 Å². The lowest BCUT2D eigenvalue weighted by molar-refractivity contribution is 1.21. The van der Waals surface area contributed by atoms with Gasteiger partial charge in [-0.25, -0.2) is 0 Å². The highest BCUT2D eigenvalue weighted by atomic mass is 31.0. The summed E-state index contributed by atoms with van der Waals surface area (Å²) in [6.07, 6.45) is 1.86. The van der Waals surface area contributed by atoms with Crippen molar-refractivity contribution in [3.8, 4) is 11.1 Å². The molecule has 20 heavy (non-hydrogen) atoms. The van der Waals surface area contributed by atoms with E-state index >= 15 is 0 Å². The monoisotopic (exact) mass is 275 g/mol. The summed E-state index contributed by atoms with van der Waals surface area (Å²) in [5, 5.41) is 5.70. The molecule has 1 atom stereocenters. The van der Waals surface area contributed by atoms with Crippen LogP contribution in [0.5, 0.6) is 0 Å². The Kier molecular flexibility index (Phi) is 2.61. The van der Waals surface area contributed by atoms with Crippen LogP contribution in [0.2, 0.25) is 0 Å². The highest BCUT2D eigenvalue weighted by Gasteiger charge is 2.10. The van der Waals surface area contributed by atoms with Crippen LogP contribution >= 0.6 is 8.19 Å². The molecule has 1 unspecified atom stereocenters. The minimum Gasteiger partial charge on any atom is -0.261 e. The van der Waals surface area contributed by atoms with Gasteiger partial charge in [-0.05, 0) is 34.4 Å². The molecule has 2 aromatic carbocycles. The number of nitrogens with zero attached hydrogens (tertiary/aromatic N) is 1. The van der Waals surface area contributed by atoms with Gasteiger partial charge in [0, 0.05) is 22.6 Å². The number of pyridine rings is 1. The first-order valence-electron chi connectivity index (χ1n) is 6.76. The van der Waals surface area contributed by atoms with Crippen molar-refractivity contribution in [2.24, 2.45) is 0 Å². The van der Waals surface area contributed by atoms with E-state index in [9.17, 15) is 0 Å². The van der Waals surface area contributed by atoms with Gasteiger partial charge in [0.15, 0.2) is 0 Å². The Balaban J connectivity index is 2.13. The summed E-state index contributed by atoms with van der Waals surface area (Å²) in [6.45, 7) is 2.08. The first kappa shape index (κ1) is 11.7. The van der Waals surface area contributed by atoms with Gasteiger partial charge in [-0.15, -0.1) is 8.19 Å². The van der Waals surface area contributed by atoms with Crippen LogP contribution < -0.4 is 0 Å². The first-order valence-corrected chi connectivity index (χ1v) is 7.76. The first-order chi connectivity index (χ1) is 9.84. The van der Waals surface area contributed by atoms with Gasteiger partial charge in [0.25, 0.3) is 0 Å². The SMILES string of the molecule is Cc1ncccc1-c1cccc2c1[pH]c1ccccc12. The summed E-state index contributed by atoms with van der Waals surface area (Å²) in [4.78, 5) is 4.43. The van der Waals surface area contributed by atoms with Crippen molar-refractivity contribution in [3.05, 3.63) is 66.5 Å². The number of rotatable bonds is 1. The van der Waals surface area contributed by atoms with Crippen molar-refractivity contribution in [1.82, 2.24) is 4.98 Å². The molecule has 96 valence electrons. The number of hydrogen-bond donors (Lipinski definition) is 0. The minimum atomic E-state index is 0.744. The third-order valence-corrected chi connectivity index (χ3v) is 5.33. The second-order valence-electron chi connectivity index (χ2n) is 5.04. The Morgan fingerprint density at radius 2 is 1.60 bits per heavy atom. The number of fused-ring (bicyclic) bond motifs is 3. The van der Waals surface area contributed by atoms with Gasteiger partial charge < -0.3 is 0 Å². The van der Waals surface area contributed by atoms with Gasteiger partial charge in [0.2, 0.25) is 0 Å². The molecule has 0 saturated heterocycles. The molecule has 0 aliphatic heterocycles. The van der Waals surface area contributed by atoms with Crippen LogP contribution in [0.25, 0.3) is 32.1 Å². The highest BCUT2D eigenvalue weighted by Crippen LogP contribution is 2.43. The number of benzene rings is 2. The van der Waals surface area contributed by atoms with Gasteiger partial charge in [-0.1, -0.05) is 48.5 Å². The van der Waals surface area contributed by atoms with Crippen molar-refractivity contribution in [2.45, 2.75) is 6.92 Å². The molecule has 0 fully saturated rings. The summed E-state index contributed by atoms with van der Waals surface area (Å²) in [6, 6.07) is 19.5. The highest BCUT2D eigenvalue weighted by molar-refractivity contribution is 7.44. The molecule has 0 spiro atoms. The van der Waals surface area contributed by atoms with E-state index in [0.29, 0.717) is 0 Å². The number of hydrogen-bond acceptors (Lipinski definition) is 1. The molecule has 0 saturated carbocycles. The van der Waals surface area contributed by atoms with Gasteiger partial charge in [-0.3, -0.25) is 4.98 Å². The lowest BCUT2D eigenvalue weighted by Gasteiger charge is -2.06. The summed E-state index contributed by atoms with van der Waals surface area (Å²) in [5.74, 6) is 0. The third-order valence-electron chi connectivity index (χ3n) is 3.84. The van der Waals surface area contributed by atoms with Crippen LogP contribution in [0.1, 0.15) is 5.69 Å². The third kappa shape index (κ3) is 1.67. The fourth-order valence-electron chi connectivity index (χ4n) is 2.87. The maximum Gasteiger partial charge on any atom is 0.0451 e. The smallest absolute Gasteiger partial charge is 0.0451 e. The van der Waals surface area contributed by atoms with Crippen LogP contribution in [0.4, 0.5) is 0 Å². The molecular formula is C18H14NP. The van der Waals surface area contributed by atoms with Crippen molar-refractivity contribution in [1.29, 1.82) is 0 Å². The summed E-state index contributed by atoms with van der Waals surface area (Å²) in [5.41, 5.74) is 3.69. The van der Waals surface area contributed by atoms with E-state index in [0.717, 1.165) is 13.9 Å². The Hall–Kier alpha value is -2.11. The molecular weight excluding hydrogens is 261 g/mol. The fraction of sp³-hybridized carbons (Fsp3) is 0.0556. The normalized spacial score (nSPS) is 11.7.